The second kappa shape index (κ2) is 9.74. The van der Waals surface area contributed by atoms with Gasteiger partial charge in [0.25, 0.3) is 0 Å². The van der Waals surface area contributed by atoms with Crippen molar-refractivity contribution in [2.45, 2.75) is 37.4 Å². The molecule has 0 saturated carbocycles. The molecule has 1 aromatic heterocycles. The van der Waals surface area contributed by atoms with E-state index < -0.39 is 16.1 Å². The number of pyridine rings is 1. The van der Waals surface area contributed by atoms with Crippen molar-refractivity contribution in [1.29, 1.82) is 0 Å². The maximum absolute atomic E-state index is 13.3. The van der Waals surface area contributed by atoms with Gasteiger partial charge in [0.15, 0.2) is 0 Å². The number of aromatic nitrogens is 1. The number of aliphatic hydroxyl groups is 1. The minimum atomic E-state index is -3.80. The Morgan fingerprint density at radius 2 is 2.03 bits per heavy atom. The number of rotatable bonds is 6. The number of benzene rings is 1. The minimum absolute atomic E-state index is 0.0826. The molecular formula is C21H28BrN3O4S. The molecule has 9 heteroatoms. The fraction of sp³-hybridized carbons (Fsp3) is 0.476. The Morgan fingerprint density at radius 1 is 1.33 bits per heavy atom. The lowest BCUT2D eigenvalue weighted by Gasteiger charge is -2.37. The summed E-state index contributed by atoms with van der Waals surface area (Å²) in [6.07, 6.45) is 3.31. The number of ether oxygens (including phenoxy) is 1. The molecule has 0 amide bonds. The van der Waals surface area contributed by atoms with Crippen molar-refractivity contribution < 1.29 is 18.3 Å². The van der Waals surface area contributed by atoms with Crippen LogP contribution in [0.15, 0.2) is 52.1 Å². The number of fused-ring (bicyclic) bond motifs is 1. The first-order valence-corrected chi connectivity index (χ1v) is 12.1. The molecule has 0 unspecified atom stereocenters. The molecule has 3 atom stereocenters. The van der Waals surface area contributed by atoms with Gasteiger partial charge in [-0.2, -0.15) is 4.31 Å². The van der Waals surface area contributed by atoms with Gasteiger partial charge in [0.05, 0.1) is 6.61 Å². The normalized spacial score (nSPS) is 22.6. The summed E-state index contributed by atoms with van der Waals surface area (Å²) in [4.78, 5) is 6.33. The number of likely N-dealkylation sites (N-methyl/N-ethyl adjacent to an activating group) is 1. The molecule has 1 aliphatic heterocycles. The summed E-state index contributed by atoms with van der Waals surface area (Å²) in [6.45, 7) is 5.08. The molecule has 2 aromatic rings. The molecule has 164 valence electrons. The van der Waals surface area contributed by atoms with Gasteiger partial charge < -0.3 is 9.84 Å². The zero-order chi connectivity index (χ0) is 21.9. The van der Waals surface area contributed by atoms with E-state index in [2.05, 4.69) is 25.8 Å². The van der Waals surface area contributed by atoms with E-state index in [9.17, 15) is 13.5 Å². The van der Waals surface area contributed by atoms with E-state index in [0.717, 1.165) is 16.6 Å². The van der Waals surface area contributed by atoms with Crippen molar-refractivity contribution in [2.24, 2.45) is 5.92 Å². The molecule has 3 rings (SSSR count). The Labute approximate surface area is 186 Å². The number of hydrogen-bond donors (Lipinski definition) is 1. The fourth-order valence-corrected chi connectivity index (χ4v) is 5.75. The Kier molecular flexibility index (Phi) is 7.52. The van der Waals surface area contributed by atoms with Crippen molar-refractivity contribution in [3.05, 3.63) is 52.8 Å². The largest absolute Gasteiger partial charge is 0.487 e. The molecule has 0 bridgehead atoms. The third-order valence-corrected chi connectivity index (χ3v) is 7.84. The van der Waals surface area contributed by atoms with Crippen LogP contribution in [0.5, 0.6) is 5.75 Å². The van der Waals surface area contributed by atoms with Gasteiger partial charge in [0, 0.05) is 48.5 Å². The van der Waals surface area contributed by atoms with E-state index in [1.54, 1.807) is 37.5 Å². The van der Waals surface area contributed by atoms with Crippen molar-refractivity contribution in [3.8, 4) is 5.75 Å². The van der Waals surface area contributed by atoms with Crippen LogP contribution in [-0.2, 0) is 16.6 Å². The second-order valence-electron chi connectivity index (χ2n) is 7.88. The summed E-state index contributed by atoms with van der Waals surface area (Å²) in [5.41, 5.74) is 1.15. The van der Waals surface area contributed by atoms with Gasteiger partial charge in [-0.05, 0) is 49.9 Å². The van der Waals surface area contributed by atoms with E-state index in [1.165, 1.54) is 4.31 Å². The molecule has 0 saturated heterocycles. The summed E-state index contributed by atoms with van der Waals surface area (Å²) in [6, 6.07) is 8.37. The lowest BCUT2D eigenvalue weighted by molar-refractivity contribution is 0.0733. The van der Waals surface area contributed by atoms with Crippen molar-refractivity contribution in [3.63, 3.8) is 0 Å². The average molecular weight is 498 g/mol. The van der Waals surface area contributed by atoms with Crippen LogP contribution in [0, 0.1) is 5.92 Å². The van der Waals surface area contributed by atoms with Gasteiger partial charge in [-0.25, -0.2) is 8.42 Å². The summed E-state index contributed by atoms with van der Waals surface area (Å²) >= 11 is 3.42. The molecule has 7 nitrogen and oxygen atoms in total. The third-order valence-electron chi connectivity index (χ3n) is 5.32. The SMILES string of the molecule is C[C@H](CO)N1C[C@H](C)[C@H](CN(C)Cc2ccncc2)Oc2cc(Br)ccc2S1(=O)=O. The van der Waals surface area contributed by atoms with E-state index in [0.29, 0.717) is 12.3 Å². The fourth-order valence-electron chi connectivity index (χ4n) is 3.59. The molecule has 0 radical (unpaired) electrons. The van der Waals surface area contributed by atoms with Crippen LogP contribution in [0.25, 0.3) is 0 Å². The second-order valence-corrected chi connectivity index (χ2v) is 10.7. The van der Waals surface area contributed by atoms with Crippen LogP contribution in [0.3, 0.4) is 0 Å². The predicted molar refractivity (Wildman–Crippen MR) is 119 cm³/mol. The Morgan fingerprint density at radius 3 is 2.70 bits per heavy atom. The van der Waals surface area contributed by atoms with Crippen LogP contribution >= 0.6 is 15.9 Å². The predicted octanol–water partition coefficient (Wildman–Crippen LogP) is 2.74. The zero-order valence-electron chi connectivity index (χ0n) is 17.4. The molecule has 1 aromatic carbocycles. The first kappa shape index (κ1) is 23.1. The highest BCUT2D eigenvalue weighted by Crippen LogP contribution is 2.35. The minimum Gasteiger partial charge on any atom is -0.487 e. The molecule has 0 aliphatic carbocycles. The number of sulfonamides is 1. The Balaban J connectivity index is 1.92. The van der Waals surface area contributed by atoms with Gasteiger partial charge in [0.2, 0.25) is 10.0 Å². The molecule has 0 spiro atoms. The van der Waals surface area contributed by atoms with Crippen LogP contribution in [0.2, 0.25) is 0 Å². The lowest BCUT2D eigenvalue weighted by atomic mass is 10.0. The van der Waals surface area contributed by atoms with Crippen molar-refractivity contribution >= 4 is 26.0 Å². The first-order valence-electron chi connectivity index (χ1n) is 9.88. The molecule has 1 N–H and O–H groups in total. The summed E-state index contributed by atoms with van der Waals surface area (Å²) in [5.74, 6) is 0.245. The Hall–Kier alpha value is -1.52. The van der Waals surface area contributed by atoms with Gasteiger partial charge in [0.1, 0.15) is 16.7 Å². The lowest BCUT2D eigenvalue weighted by Crippen LogP contribution is -2.49. The van der Waals surface area contributed by atoms with Gasteiger partial charge >= 0.3 is 0 Å². The van der Waals surface area contributed by atoms with Crippen LogP contribution in [0.1, 0.15) is 19.4 Å². The zero-order valence-corrected chi connectivity index (χ0v) is 19.8. The third kappa shape index (κ3) is 5.20. The average Bonchev–Trinajstić information content (AvgIpc) is 2.70. The number of halogens is 1. The smallest absolute Gasteiger partial charge is 0.247 e. The summed E-state index contributed by atoms with van der Waals surface area (Å²) in [7, 11) is -1.78. The van der Waals surface area contributed by atoms with Crippen molar-refractivity contribution in [1.82, 2.24) is 14.2 Å². The van der Waals surface area contributed by atoms with Crippen molar-refractivity contribution in [2.75, 3.05) is 26.7 Å². The highest BCUT2D eigenvalue weighted by Gasteiger charge is 2.38. The van der Waals surface area contributed by atoms with Crippen LogP contribution in [-0.4, -0.2) is 66.6 Å². The van der Waals surface area contributed by atoms with Crippen LogP contribution in [0.4, 0.5) is 0 Å². The standard InChI is InChI=1S/C21H28BrN3O4S/c1-15-11-25(16(2)14-26)30(27,28)21-5-4-18(22)10-19(21)29-20(15)13-24(3)12-17-6-8-23-9-7-17/h4-10,15-16,20,26H,11-14H2,1-3H3/t15-,16+,20-/m0/s1. The Bertz CT molecular complexity index is 958. The highest BCUT2D eigenvalue weighted by molar-refractivity contribution is 9.10. The van der Waals surface area contributed by atoms with E-state index in [-0.39, 0.29) is 30.1 Å². The number of hydrogen-bond acceptors (Lipinski definition) is 6. The van der Waals surface area contributed by atoms with Crippen LogP contribution < -0.4 is 4.74 Å². The van der Waals surface area contributed by atoms with Gasteiger partial charge in [-0.1, -0.05) is 22.9 Å². The molecule has 0 fully saturated rings. The number of aliphatic hydroxyl groups excluding tert-OH is 1. The first-order chi connectivity index (χ1) is 14.2. The molecule has 1 aliphatic rings. The monoisotopic (exact) mass is 497 g/mol. The van der Waals surface area contributed by atoms with E-state index in [1.807, 2.05) is 26.1 Å². The summed E-state index contributed by atoms with van der Waals surface area (Å²) < 4.78 is 35.0. The summed E-state index contributed by atoms with van der Waals surface area (Å²) in [5, 5.41) is 9.68. The number of nitrogens with zero attached hydrogens (tertiary/aromatic N) is 3. The molecule has 30 heavy (non-hydrogen) atoms. The quantitative estimate of drug-likeness (QED) is 0.660. The maximum atomic E-state index is 13.3. The highest BCUT2D eigenvalue weighted by atomic mass is 79.9. The molecule has 2 heterocycles. The van der Waals surface area contributed by atoms with Gasteiger partial charge in [-0.15, -0.1) is 0 Å². The van der Waals surface area contributed by atoms with E-state index >= 15 is 0 Å². The van der Waals surface area contributed by atoms with E-state index in [4.69, 9.17) is 4.74 Å². The topological polar surface area (TPSA) is 83.0 Å². The van der Waals surface area contributed by atoms with Gasteiger partial charge in [-0.3, -0.25) is 9.88 Å². The maximum Gasteiger partial charge on any atom is 0.247 e. The molecular weight excluding hydrogens is 470 g/mol.